The summed E-state index contributed by atoms with van der Waals surface area (Å²) in [5.74, 6) is -0.0655. The fourth-order valence-electron chi connectivity index (χ4n) is 2.52. The van der Waals surface area contributed by atoms with Crippen LogP contribution in [0.5, 0.6) is 0 Å². The molecule has 1 aromatic heterocycles. The first-order chi connectivity index (χ1) is 10.9. The number of fused-ring (bicyclic) bond motifs is 1. The summed E-state index contributed by atoms with van der Waals surface area (Å²) < 4.78 is 2.91. The summed E-state index contributed by atoms with van der Waals surface area (Å²) in [6, 6.07) is 9.89. The minimum Gasteiger partial charge on any atom is -0.325 e. The molecule has 0 radical (unpaired) electrons. The van der Waals surface area contributed by atoms with E-state index in [0.717, 1.165) is 26.8 Å². The molecule has 3 rings (SSSR count). The lowest BCUT2D eigenvalue weighted by Crippen LogP contribution is -2.18. The molecule has 0 saturated heterocycles. The van der Waals surface area contributed by atoms with E-state index in [1.54, 1.807) is 6.33 Å². The third kappa shape index (κ3) is 3.29. The van der Waals surface area contributed by atoms with Crippen LogP contribution >= 0.6 is 15.9 Å². The van der Waals surface area contributed by atoms with Crippen molar-refractivity contribution in [2.24, 2.45) is 0 Å². The van der Waals surface area contributed by atoms with Crippen LogP contribution in [0.2, 0.25) is 0 Å². The molecule has 2 aromatic carbocycles. The maximum Gasteiger partial charge on any atom is 0.244 e. The molecule has 0 unspecified atom stereocenters. The summed E-state index contributed by atoms with van der Waals surface area (Å²) >= 11 is 3.46. The lowest BCUT2D eigenvalue weighted by molar-refractivity contribution is -0.116. The molecule has 1 heterocycles. The van der Waals surface area contributed by atoms with Crippen LogP contribution in [0.15, 0.2) is 41.1 Å². The van der Waals surface area contributed by atoms with Gasteiger partial charge in [-0.15, -0.1) is 0 Å². The van der Waals surface area contributed by atoms with Crippen molar-refractivity contribution in [2.45, 2.75) is 27.3 Å². The second-order valence-electron chi connectivity index (χ2n) is 5.81. The van der Waals surface area contributed by atoms with E-state index in [1.807, 2.05) is 29.7 Å². The number of amides is 1. The molecule has 23 heavy (non-hydrogen) atoms. The van der Waals surface area contributed by atoms with Crippen molar-refractivity contribution in [3.8, 4) is 0 Å². The van der Waals surface area contributed by atoms with E-state index >= 15 is 0 Å². The zero-order chi connectivity index (χ0) is 16.6. The van der Waals surface area contributed by atoms with Crippen LogP contribution < -0.4 is 5.32 Å². The number of halogens is 1. The van der Waals surface area contributed by atoms with Crippen molar-refractivity contribution >= 4 is 38.6 Å². The molecular formula is C18H18BrN3O. The molecule has 0 fully saturated rings. The number of carbonyl (C=O) groups excluding carboxylic acids is 1. The highest BCUT2D eigenvalue weighted by Gasteiger charge is 2.09. The van der Waals surface area contributed by atoms with Crippen molar-refractivity contribution in [1.82, 2.24) is 9.55 Å². The van der Waals surface area contributed by atoms with Gasteiger partial charge >= 0.3 is 0 Å². The van der Waals surface area contributed by atoms with Crippen molar-refractivity contribution in [1.29, 1.82) is 0 Å². The summed E-state index contributed by atoms with van der Waals surface area (Å²) in [6.07, 6.45) is 1.72. The Morgan fingerprint density at radius 3 is 2.61 bits per heavy atom. The van der Waals surface area contributed by atoms with E-state index in [4.69, 9.17) is 0 Å². The highest BCUT2D eigenvalue weighted by Crippen LogP contribution is 2.21. The number of nitrogens with one attached hydrogen (secondary N) is 1. The Morgan fingerprint density at radius 2 is 1.87 bits per heavy atom. The first-order valence-corrected chi connectivity index (χ1v) is 8.21. The number of carbonyl (C=O) groups is 1. The predicted octanol–water partition coefficient (Wildman–Crippen LogP) is 4.36. The van der Waals surface area contributed by atoms with Crippen LogP contribution in [0.25, 0.3) is 11.0 Å². The average molecular weight is 372 g/mol. The van der Waals surface area contributed by atoms with Crippen LogP contribution in [0, 0.1) is 20.8 Å². The van der Waals surface area contributed by atoms with E-state index in [2.05, 4.69) is 52.2 Å². The number of nitrogens with zero attached hydrogens (tertiary/aromatic N) is 2. The first kappa shape index (κ1) is 15.7. The molecule has 0 spiro atoms. The smallest absolute Gasteiger partial charge is 0.244 e. The number of aryl methyl sites for hydroxylation is 3. The molecule has 0 aliphatic rings. The normalized spacial score (nSPS) is 11.0. The van der Waals surface area contributed by atoms with Gasteiger partial charge in [0.25, 0.3) is 0 Å². The highest BCUT2D eigenvalue weighted by molar-refractivity contribution is 9.10. The minimum atomic E-state index is -0.0655. The molecule has 0 atom stereocenters. The van der Waals surface area contributed by atoms with Gasteiger partial charge in [-0.1, -0.05) is 15.9 Å². The summed E-state index contributed by atoms with van der Waals surface area (Å²) in [6.45, 7) is 6.37. The fraction of sp³-hybridized carbons (Fsp3) is 0.222. The number of hydrogen-bond donors (Lipinski definition) is 1. The minimum absolute atomic E-state index is 0.0655. The molecule has 118 valence electrons. The van der Waals surface area contributed by atoms with Crippen LogP contribution in [-0.4, -0.2) is 15.5 Å². The maximum absolute atomic E-state index is 12.3. The lowest BCUT2D eigenvalue weighted by Gasteiger charge is -2.09. The quantitative estimate of drug-likeness (QED) is 0.743. The molecular weight excluding hydrogens is 354 g/mol. The van der Waals surface area contributed by atoms with E-state index in [-0.39, 0.29) is 12.5 Å². The molecule has 0 aliphatic carbocycles. The number of imidazole rings is 1. The number of anilines is 1. The van der Waals surface area contributed by atoms with Crippen molar-refractivity contribution in [2.75, 3.05) is 5.32 Å². The molecule has 1 amide bonds. The van der Waals surface area contributed by atoms with Gasteiger partial charge in [-0.05, 0) is 67.8 Å². The van der Waals surface area contributed by atoms with E-state index in [0.29, 0.717) is 0 Å². The molecule has 5 heteroatoms. The Morgan fingerprint density at radius 1 is 1.13 bits per heavy atom. The number of benzene rings is 2. The Bertz CT molecular complexity index is 899. The van der Waals surface area contributed by atoms with Gasteiger partial charge in [-0.2, -0.15) is 0 Å². The maximum atomic E-state index is 12.3. The fourth-order valence-corrected chi connectivity index (χ4v) is 2.76. The predicted molar refractivity (Wildman–Crippen MR) is 96.7 cm³/mol. The second kappa shape index (κ2) is 6.16. The van der Waals surface area contributed by atoms with Gasteiger partial charge in [-0.3, -0.25) is 4.79 Å². The summed E-state index contributed by atoms with van der Waals surface area (Å²) in [4.78, 5) is 16.7. The average Bonchev–Trinajstić information content (AvgIpc) is 2.86. The standard InChI is InChI=1S/C18H18BrN3O/c1-11-7-16-17(8-12(11)2)22(10-20-16)9-18(23)21-14-4-5-15(19)13(3)6-14/h4-8,10H,9H2,1-3H3,(H,21,23). The zero-order valence-electron chi connectivity index (χ0n) is 13.4. The topological polar surface area (TPSA) is 46.9 Å². The summed E-state index contributed by atoms with van der Waals surface area (Å²) in [5, 5.41) is 2.93. The van der Waals surface area contributed by atoms with Crippen LogP contribution in [0.3, 0.4) is 0 Å². The number of rotatable bonds is 3. The largest absolute Gasteiger partial charge is 0.325 e. The van der Waals surface area contributed by atoms with Crippen molar-refractivity contribution in [3.63, 3.8) is 0 Å². The van der Waals surface area contributed by atoms with E-state index in [9.17, 15) is 4.79 Å². The lowest BCUT2D eigenvalue weighted by atomic mass is 10.1. The third-order valence-corrected chi connectivity index (χ3v) is 4.88. The Labute approximate surface area is 143 Å². The van der Waals surface area contributed by atoms with Crippen molar-refractivity contribution in [3.05, 3.63) is 57.8 Å². The monoisotopic (exact) mass is 371 g/mol. The van der Waals surface area contributed by atoms with Gasteiger partial charge in [-0.25, -0.2) is 4.98 Å². The van der Waals surface area contributed by atoms with Gasteiger partial charge in [0.05, 0.1) is 17.4 Å². The number of hydrogen-bond acceptors (Lipinski definition) is 2. The van der Waals surface area contributed by atoms with Gasteiger partial charge in [0, 0.05) is 10.2 Å². The Hall–Kier alpha value is -2.14. The van der Waals surface area contributed by atoms with Gasteiger partial charge in [0.2, 0.25) is 5.91 Å². The van der Waals surface area contributed by atoms with Crippen LogP contribution in [0.4, 0.5) is 5.69 Å². The van der Waals surface area contributed by atoms with Crippen LogP contribution in [-0.2, 0) is 11.3 Å². The van der Waals surface area contributed by atoms with Crippen molar-refractivity contribution < 1.29 is 4.79 Å². The first-order valence-electron chi connectivity index (χ1n) is 7.42. The summed E-state index contributed by atoms with van der Waals surface area (Å²) in [7, 11) is 0. The Kier molecular flexibility index (Phi) is 4.22. The summed E-state index contributed by atoms with van der Waals surface area (Å²) in [5.41, 5.74) is 6.19. The molecule has 4 nitrogen and oxygen atoms in total. The molecule has 0 aliphatic heterocycles. The SMILES string of the molecule is Cc1cc2ncn(CC(=O)Nc3ccc(Br)c(C)c3)c2cc1C. The number of aromatic nitrogens is 2. The van der Waals surface area contributed by atoms with E-state index in [1.165, 1.54) is 11.1 Å². The molecule has 1 N–H and O–H groups in total. The van der Waals surface area contributed by atoms with Gasteiger partial charge in [0.15, 0.2) is 0 Å². The highest BCUT2D eigenvalue weighted by atomic mass is 79.9. The van der Waals surface area contributed by atoms with Gasteiger partial charge in [0.1, 0.15) is 6.54 Å². The van der Waals surface area contributed by atoms with Gasteiger partial charge < -0.3 is 9.88 Å². The van der Waals surface area contributed by atoms with Crippen LogP contribution in [0.1, 0.15) is 16.7 Å². The third-order valence-electron chi connectivity index (χ3n) is 3.99. The molecule has 0 bridgehead atoms. The Balaban J connectivity index is 1.80. The second-order valence-corrected chi connectivity index (χ2v) is 6.66. The molecule has 0 saturated carbocycles. The molecule has 3 aromatic rings. The van der Waals surface area contributed by atoms with E-state index < -0.39 is 0 Å². The zero-order valence-corrected chi connectivity index (χ0v) is 14.9.